The molecule has 0 aromatic heterocycles. The lowest BCUT2D eigenvalue weighted by Crippen LogP contribution is -2.47. The van der Waals surface area contributed by atoms with Crippen LogP contribution in [0.1, 0.15) is 68.1 Å². The molecule has 1 aromatic rings. The molecule has 1 heterocycles. The minimum Gasteiger partial charge on any atom is -0.355 e. The first-order valence-corrected chi connectivity index (χ1v) is 12.1. The number of benzene rings is 1. The second-order valence-corrected chi connectivity index (χ2v) is 9.42. The highest BCUT2D eigenvalue weighted by Crippen LogP contribution is 2.32. The number of hydrogen-bond acceptors (Lipinski definition) is 3. The van der Waals surface area contributed by atoms with E-state index in [1.165, 1.54) is 32.1 Å². The van der Waals surface area contributed by atoms with Crippen molar-refractivity contribution in [3.05, 3.63) is 35.9 Å². The summed E-state index contributed by atoms with van der Waals surface area (Å²) < 4.78 is 0. The Morgan fingerprint density at radius 1 is 0.900 bits per heavy atom. The van der Waals surface area contributed by atoms with Crippen LogP contribution in [0.25, 0.3) is 0 Å². The van der Waals surface area contributed by atoms with E-state index in [2.05, 4.69) is 10.2 Å². The molecule has 2 amide bonds. The van der Waals surface area contributed by atoms with Crippen molar-refractivity contribution in [1.82, 2.24) is 15.1 Å². The second kappa shape index (κ2) is 10.4. The van der Waals surface area contributed by atoms with Gasteiger partial charge in [-0.3, -0.25) is 9.59 Å². The highest BCUT2D eigenvalue weighted by Gasteiger charge is 2.39. The zero-order chi connectivity index (χ0) is 20.8. The van der Waals surface area contributed by atoms with Crippen molar-refractivity contribution < 1.29 is 9.59 Å². The van der Waals surface area contributed by atoms with Gasteiger partial charge in [-0.1, -0.05) is 43.9 Å². The fourth-order valence-corrected chi connectivity index (χ4v) is 5.75. The van der Waals surface area contributed by atoms with E-state index in [4.69, 9.17) is 0 Å². The summed E-state index contributed by atoms with van der Waals surface area (Å²) >= 11 is 0. The van der Waals surface area contributed by atoms with Gasteiger partial charge in [0.15, 0.2) is 0 Å². The minimum atomic E-state index is -0.0671. The topological polar surface area (TPSA) is 52.7 Å². The van der Waals surface area contributed by atoms with Crippen LogP contribution in [0.3, 0.4) is 0 Å². The summed E-state index contributed by atoms with van der Waals surface area (Å²) in [7, 11) is 0. The van der Waals surface area contributed by atoms with Gasteiger partial charge in [-0.15, -0.1) is 0 Å². The van der Waals surface area contributed by atoms with Crippen LogP contribution >= 0.6 is 0 Å². The number of amides is 2. The first kappa shape index (κ1) is 21.4. The number of nitrogens with one attached hydrogen (secondary N) is 1. The molecule has 3 fully saturated rings. The third kappa shape index (κ3) is 5.23. The van der Waals surface area contributed by atoms with Crippen molar-refractivity contribution in [2.24, 2.45) is 11.8 Å². The summed E-state index contributed by atoms with van der Waals surface area (Å²) in [5.41, 5.74) is 0.734. The number of fused-ring (bicyclic) bond motifs is 1. The third-order valence-electron chi connectivity index (χ3n) is 7.34. The van der Waals surface area contributed by atoms with E-state index in [0.717, 1.165) is 69.9 Å². The molecule has 164 valence electrons. The van der Waals surface area contributed by atoms with E-state index in [1.54, 1.807) is 0 Å². The van der Waals surface area contributed by atoms with Crippen LogP contribution in [-0.2, 0) is 4.79 Å². The Hall–Kier alpha value is -1.88. The number of rotatable bonds is 3. The average molecular weight is 412 g/mol. The molecule has 1 aromatic carbocycles. The highest BCUT2D eigenvalue weighted by atomic mass is 16.2. The van der Waals surface area contributed by atoms with Gasteiger partial charge in [-0.05, 0) is 56.7 Å². The molecule has 5 nitrogen and oxygen atoms in total. The maximum absolute atomic E-state index is 13.4. The Bertz CT molecular complexity index is 702. The molecule has 0 unspecified atom stereocenters. The van der Waals surface area contributed by atoms with Gasteiger partial charge in [0.05, 0.1) is 5.92 Å². The molecule has 3 aliphatic rings. The average Bonchev–Trinajstić information content (AvgIpc) is 3.26. The molecule has 1 aliphatic heterocycles. The Kier molecular flexibility index (Phi) is 7.42. The molecule has 30 heavy (non-hydrogen) atoms. The molecule has 2 aliphatic carbocycles. The Balaban J connectivity index is 1.48. The maximum Gasteiger partial charge on any atom is 0.254 e. The van der Waals surface area contributed by atoms with Crippen molar-refractivity contribution in [3.8, 4) is 0 Å². The van der Waals surface area contributed by atoms with E-state index in [0.29, 0.717) is 0 Å². The van der Waals surface area contributed by atoms with Gasteiger partial charge >= 0.3 is 0 Å². The molecule has 5 heteroatoms. The van der Waals surface area contributed by atoms with Crippen LogP contribution in [0.2, 0.25) is 0 Å². The normalized spacial score (nSPS) is 27.2. The number of carbonyl (C=O) groups is 2. The van der Waals surface area contributed by atoms with Crippen LogP contribution < -0.4 is 5.32 Å². The van der Waals surface area contributed by atoms with Crippen LogP contribution in [0.5, 0.6) is 0 Å². The molecule has 2 atom stereocenters. The largest absolute Gasteiger partial charge is 0.355 e. The predicted octanol–water partition coefficient (Wildman–Crippen LogP) is 3.70. The fourth-order valence-electron chi connectivity index (χ4n) is 5.75. The maximum atomic E-state index is 13.4. The summed E-state index contributed by atoms with van der Waals surface area (Å²) in [6.45, 7) is 4.52. The minimum absolute atomic E-state index is 0.0302. The van der Waals surface area contributed by atoms with E-state index >= 15 is 0 Å². The first-order valence-electron chi connectivity index (χ1n) is 12.1. The SMILES string of the molecule is O=C1NCCN(CC2CCCCC2)CCCN(C(=O)c2ccccc2)[C@H]2CCC[C@@H]12. The second-order valence-electron chi connectivity index (χ2n) is 9.42. The molecule has 0 spiro atoms. The van der Waals surface area contributed by atoms with Crippen molar-refractivity contribution in [2.75, 3.05) is 32.7 Å². The summed E-state index contributed by atoms with van der Waals surface area (Å²) in [5.74, 6) is 0.949. The number of hydrogen-bond donors (Lipinski definition) is 1. The lowest BCUT2D eigenvalue weighted by Gasteiger charge is -2.33. The van der Waals surface area contributed by atoms with Crippen LogP contribution in [0.15, 0.2) is 30.3 Å². The summed E-state index contributed by atoms with van der Waals surface area (Å²) in [6, 6.07) is 9.61. The zero-order valence-electron chi connectivity index (χ0n) is 18.2. The molecule has 0 radical (unpaired) electrons. The summed E-state index contributed by atoms with van der Waals surface area (Å²) in [6.07, 6.45) is 10.6. The van der Waals surface area contributed by atoms with Crippen LogP contribution in [-0.4, -0.2) is 60.4 Å². The summed E-state index contributed by atoms with van der Waals surface area (Å²) in [5, 5.41) is 3.20. The third-order valence-corrected chi connectivity index (χ3v) is 7.34. The van der Waals surface area contributed by atoms with Gasteiger partial charge in [0, 0.05) is 37.8 Å². The number of nitrogens with zero attached hydrogens (tertiary/aromatic N) is 2. The van der Waals surface area contributed by atoms with Gasteiger partial charge in [0.25, 0.3) is 5.91 Å². The number of carbonyl (C=O) groups excluding carboxylic acids is 2. The monoisotopic (exact) mass is 411 g/mol. The van der Waals surface area contributed by atoms with Crippen molar-refractivity contribution in [2.45, 2.75) is 63.8 Å². The lowest BCUT2D eigenvalue weighted by atomic mass is 9.89. The Labute approximate surface area is 181 Å². The lowest BCUT2D eigenvalue weighted by molar-refractivity contribution is -0.126. The molecular formula is C25H37N3O2. The van der Waals surface area contributed by atoms with E-state index in [1.807, 2.05) is 35.2 Å². The highest BCUT2D eigenvalue weighted by molar-refractivity contribution is 5.95. The fraction of sp³-hybridized carbons (Fsp3) is 0.680. The molecular weight excluding hydrogens is 374 g/mol. The van der Waals surface area contributed by atoms with Gasteiger partial charge in [0.1, 0.15) is 0 Å². The van der Waals surface area contributed by atoms with Crippen LogP contribution in [0.4, 0.5) is 0 Å². The Morgan fingerprint density at radius 3 is 2.50 bits per heavy atom. The molecule has 0 bridgehead atoms. The summed E-state index contributed by atoms with van der Waals surface area (Å²) in [4.78, 5) is 30.9. The quantitative estimate of drug-likeness (QED) is 0.825. The van der Waals surface area contributed by atoms with Crippen LogP contribution in [0, 0.1) is 11.8 Å². The zero-order valence-corrected chi connectivity index (χ0v) is 18.2. The molecule has 1 saturated heterocycles. The Morgan fingerprint density at radius 2 is 1.70 bits per heavy atom. The smallest absolute Gasteiger partial charge is 0.254 e. The molecule has 1 N–H and O–H groups in total. The standard InChI is InChI=1S/C25H37N3O2/c29-24-22-13-7-14-23(22)28(25(30)21-11-5-2-6-12-21)17-8-16-27(18-15-26-24)19-20-9-3-1-4-10-20/h2,5-6,11-12,20,22-23H,1,3-4,7-10,13-19H2,(H,26,29)/t22-,23+/m1/s1. The first-order chi connectivity index (χ1) is 14.7. The van der Waals surface area contributed by atoms with Crippen molar-refractivity contribution >= 4 is 11.8 Å². The van der Waals surface area contributed by atoms with Crippen molar-refractivity contribution in [3.63, 3.8) is 0 Å². The molecule has 4 rings (SSSR count). The predicted molar refractivity (Wildman–Crippen MR) is 119 cm³/mol. The van der Waals surface area contributed by atoms with E-state index in [9.17, 15) is 9.59 Å². The van der Waals surface area contributed by atoms with Gasteiger partial charge < -0.3 is 15.1 Å². The van der Waals surface area contributed by atoms with E-state index in [-0.39, 0.29) is 23.8 Å². The van der Waals surface area contributed by atoms with Crippen molar-refractivity contribution in [1.29, 1.82) is 0 Å². The molecule has 2 saturated carbocycles. The van der Waals surface area contributed by atoms with Gasteiger partial charge in [0.2, 0.25) is 5.91 Å². The van der Waals surface area contributed by atoms with E-state index < -0.39 is 0 Å². The van der Waals surface area contributed by atoms with Gasteiger partial charge in [-0.25, -0.2) is 0 Å². The van der Waals surface area contributed by atoms with Gasteiger partial charge in [-0.2, -0.15) is 0 Å².